The molecule has 4 heteroatoms. The maximum atomic E-state index is 5.52. The zero-order valence-corrected chi connectivity index (χ0v) is 11.8. The number of aliphatic imine (C=N–C) groups is 1. The minimum absolute atomic E-state index is 0.362. The largest absolute Gasteiger partial charge is 0.266 e. The van der Waals surface area contributed by atoms with E-state index in [0.29, 0.717) is 5.92 Å². The maximum absolute atomic E-state index is 5.52. The third kappa shape index (κ3) is 3.21. The fraction of sp³-hybridized carbons (Fsp3) is 0.188. The van der Waals surface area contributed by atoms with Crippen molar-refractivity contribution in [3.8, 4) is 0 Å². The van der Waals surface area contributed by atoms with Crippen LogP contribution in [0.15, 0.2) is 76.0 Å². The molecule has 0 saturated heterocycles. The average Bonchev–Trinajstić information content (AvgIpc) is 2.76. The van der Waals surface area contributed by atoms with Crippen molar-refractivity contribution in [3.05, 3.63) is 71.0 Å². The maximum Gasteiger partial charge on any atom is 0.0837 e. The average molecular weight is 284 g/mol. The molecular weight excluding hydrogens is 268 g/mol. The number of hydrogen-bond donors (Lipinski definition) is 1. The summed E-state index contributed by atoms with van der Waals surface area (Å²) in [6, 6.07) is 0. The van der Waals surface area contributed by atoms with Gasteiger partial charge in [0.25, 0.3) is 0 Å². The Kier molecular flexibility index (Phi) is 4.35. The van der Waals surface area contributed by atoms with Gasteiger partial charge in [-0.3, -0.25) is 10.5 Å². The van der Waals surface area contributed by atoms with Gasteiger partial charge in [-0.2, -0.15) is 4.28 Å². The summed E-state index contributed by atoms with van der Waals surface area (Å²) in [5.41, 5.74) is 5.16. The predicted octanol–water partition coefficient (Wildman–Crippen LogP) is 3.98. The Bertz CT molecular complexity index is 579. The van der Waals surface area contributed by atoms with Crippen molar-refractivity contribution >= 4 is 18.3 Å². The molecule has 0 aromatic heterocycles. The Morgan fingerprint density at radius 3 is 3.15 bits per heavy atom. The molecule has 3 nitrogen and oxygen atoms in total. The lowest BCUT2D eigenvalue weighted by Crippen LogP contribution is -2.21. The van der Waals surface area contributed by atoms with E-state index < -0.39 is 0 Å². The van der Waals surface area contributed by atoms with Crippen LogP contribution in [-0.2, 0) is 4.28 Å². The highest BCUT2D eigenvalue weighted by atomic mass is 32.2. The summed E-state index contributed by atoms with van der Waals surface area (Å²) in [6.45, 7) is 0. The molecule has 1 atom stereocenters. The number of fused-ring (bicyclic) bond motifs is 1. The lowest BCUT2D eigenvalue weighted by atomic mass is 9.89. The molecule has 0 aromatic rings. The number of rotatable bonds is 4. The summed E-state index contributed by atoms with van der Waals surface area (Å²) < 4.78 is 5.52. The monoisotopic (exact) mass is 284 g/mol. The first-order chi connectivity index (χ1) is 9.93. The zero-order chi connectivity index (χ0) is 13.6. The molecule has 1 N–H and O–H groups in total. The van der Waals surface area contributed by atoms with Crippen molar-refractivity contribution in [2.45, 2.75) is 12.8 Å². The van der Waals surface area contributed by atoms with E-state index in [1.165, 1.54) is 17.6 Å². The van der Waals surface area contributed by atoms with Crippen LogP contribution < -0.4 is 5.48 Å². The molecule has 1 heterocycles. The Labute approximate surface area is 123 Å². The first kappa shape index (κ1) is 13.2. The van der Waals surface area contributed by atoms with Gasteiger partial charge in [0, 0.05) is 17.0 Å². The van der Waals surface area contributed by atoms with Gasteiger partial charge in [-0.05, 0) is 30.6 Å². The fourth-order valence-corrected chi connectivity index (χ4v) is 2.70. The Morgan fingerprint density at radius 2 is 2.15 bits per heavy atom. The lowest BCUT2D eigenvalue weighted by Gasteiger charge is -2.23. The van der Waals surface area contributed by atoms with Crippen molar-refractivity contribution in [2.24, 2.45) is 10.9 Å². The van der Waals surface area contributed by atoms with Crippen molar-refractivity contribution < 1.29 is 4.28 Å². The molecule has 1 aliphatic heterocycles. The number of nitrogens with one attached hydrogen (secondary N) is 1. The predicted molar refractivity (Wildman–Crippen MR) is 84.7 cm³/mol. The first-order valence-electron chi connectivity index (χ1n) is 6.67. The molecule has 102 valence electrons. The second-order valence-electron chi connectivity index (χ2n) is 4.64. The molecule has 0 fully saturated rings. The molecule has 0 radical (unpaired) electrons. The highest BCUT2D eigenvalue weighted by molar-refractivity contribution is 7.98. The minimum Gasteiger partial charge on any atom is -0.266 e. The lowest BCUT2D eigenvalue weighted by molar-refractivity contribution is 0.280. The standard InChI is InChI=1S/C16H16N2OS/c1-2-4-9-14(8-3-1)20-19-18-16-12-17-11-13-7-5-6-10-15(13)16/h1,3-6,8-13,18H,2,7H2. The van der Waals surface area contributed by atoms with Gasteiger partial charge >= 0.3 is 0 Å². The van der Waals surface area contributed by atoms with Gasteiger partial charge in [0.1, 0.15) is 0 Å². The SMILES string of the molecule is C1=CCC=CC(SONC2=CN=CC3CC=CC=C23)=C1. The summed E-state index contributed by atoms with van der Waals surface area (Å²) >= 11 is 1.32. The number of hydroxylamine groups is 1. The van der Waals surface area contributed by atoms with Crippen molar-refractivity contribution in [2.75, 3.05) is 0 Å². The summed E-state index contributed by atoms with van der Waals surface area (Å²) in [5.74, 6) is 0.362. The Hall–Kier alpha value is -1.78. The molecule has 20 heavy (non-hydrogen) atoms. The van der Waals surface area contributed by atoms with Gasteiger partial charge in [-0.25, -0.2) is 0 Å². The van der Waals surface area contributed by atoms with E-state index in [1.54, 1.807) is 6.20 Å². The second kappa shape index (κ2) is 6.59. The van der Waals surface area contributed by atoms with E-state index >= 15 is 0 Å². The summed E-state index contributed by atoms with van der Waals surface area (Å²) in [5, 5.41) is 0. The first-order valence-corrected chi connectivity index (χ1v) is 7.41. The molecule has 2 aliphatic carbocycles. The van der Waals surface area contributed by atoms with E-state index in [2.05, 4.69) is 46.9 Å². The highest BCUT2D eigenvalue weighted by Crippen LogP contribution is 2.28. The highest BCUT2D eigenvalue weighted by Gasteiger charge is 2.20. The molecule has 3 aliphatic rings. The minimum atomic E-state index is 0.362. The smallest absolute Gasteiger partial charge is 0.0837 e. The van der Waals surface area contributed by atoms with E-state index in [0.717, 1.165) is 23.4 Å². The van der Waals surface area contributed by atoms with Crippen LogP contribution >= 0.6 is 12.0 Å². The van der Waals surface area contributed by atoms with Crippen LogP contribution in [0, 0.1) is 5.92 Å². The molecular formula is C16H16N2OS. The van der Waals surface area contributed by atoms with Crippen LogP contribution in [0.1, 0.15) is 12.8 Å². The van der Waals surface area contributed by atoms with Gasteiger partial charge < -0.3 is 0 Å². The third-order valence-corrected chi connectivity index (χ3v) is 3.85. The van der Waals surface area contributed by atoms with Crippen molar-refractivity contribution in [3.63, 3.8) is 0 Å². The second-order valence-corrected chi connectivity index (χ2v) is 5.44. The van der Waals surface area contributed by atoms with Crippen LogP contribution in [0.25, 0.3) is 0 Å². The quantitative estimate of drug-likeness (QED) is 0.626. The van der Waals surface area contributed by atoms with Gasteiger partial charge in [-0.1, -0.05) is 36.5 Å². The molecule has 3 rings (SSSR count). The number of allylic oxidation sites excluding steroid dienone is 9. The van der Waals surface area contributed by atoms with Crippen molar-refractivity contribution in [1.82, 2.24) is 5.48 Å². The van der Waals surface area contributed by atoms with Crippen LogP contribution in [0.2, 0.25) is 0 Å². The van der Waals surface area contributed by atoms with Gasteiger partial charge in [0.05, 0.1) is 23.9 Å². The van der Waals surface area contributed by atoms with E-state index in [1.807, 2.05) is 18.4 Å². The van der Waals surface area contributed by atoms with Gasteiger partial charge in [-0.15, -0.1) is 0 Å². The van der Waals surface area contributed by atoms with E-state index in [-0.39, 0.29) is 0 Å². The van der Waals surface area contributed by atoms with Crippen LogP contribution in [0.4, 0.5) is 0 Å². The summed E-state index contributed by atoms with van der Waals surface area (Å²) in [4.78, 5) is 5.34. The Morgan fingerprint density at radius 1 is 1.20 bits per heavy atom. The van der Waals surface area contributed by atoms with Gasteiger partial charge in [0.15, 0.2) is 0 Å². The van der Waals surface area contributed by atoms with Crippen LogP contribution in [0.5, 0.6) is 0 Å². The van der Waals surface area contributed by atoms with Crippen LogP contribution in [0.3, 0.4) is 0 Å². The number of hydrogen-bond acceptors (Lipinski definition) is 4. The van der Waals surface area contributed by atoms with E-state index in [9.17, 15) is 0 Å². The molecule has 1 unspecified atom stereocenters. The molecule has 0 aromatic carbocycles. The number of nitrogens with zero attached hydrogens (tertiary/aromatic N) is 1. The molecule has 0 amide bonds. The zero-order valence-electron chi connectivity index (χ0n) is 11.0. The molecule has 0 bridgehead atoms. The van der Waals surface area contributed by atoms with Gasteiger partial charge in [0.2, 0.25) is 0 Å². The fourth-order valence-electron chi connectivity index (χ4n) is 2.19. The topological polar surface area (TPSA) is 33.6 Å². The molecule has 0 spiro atoms. The van der Waals surface area contributed by atoms with Crippen LogP contribution in [-0.4, -0.2) is 6.21 Å². The normalized spacial score (nSPS) is 23.6. The summed E-state index contributed by atoms with van der Waals surface area (Å²) in [6.07, 6.45) is 22.5. The van der Waals surface area contributed by atoms with Crippen molar-refractivity contribution in [1.29, 1.82) is 0 Å². The Balaban J connectivity index is 1.58. The molecule has 0 saturated carbocycles. The summed E-state index contributed by atoms with van der Waals surface area (Å²) in [7, 11) is 0. The van der Waals surface area contributed by atoms with E-state index in [4.69, 9.17) is 4.28 Å². The third-order valence-electron chi connectivity index (χ3n) is 3.22.